The fraction of sp³-hybridized carbons (Fsp3) is 0.0625. The maximum absolute atomic E-state index is 6.35. The van der Waals surface area contributed by atoms with Crippen LogP contribution < -0.4 is 0 Å². The van der Waals surface area contributed by atoms with Gasteiger partial charge in [0.15, 0.2) is 0 Å². The number of nitrogens with zero attached hydrogens (tertiary/aromatic N) is 2. The van der Waals surface area contributed by atoms with Crippen molar-refractivity contribution in [3.8, 4) is 0 Å². The van der Waals surface area contributed by atoms with Crippen molar-refractivity contribution < 1.29 is 0 Å². The lowest BCUT2D eigenvalue weighted by atomic mass is 9.98. The van der Waals surface area contributed by atoms with Crippen molar-refractivity contribution in [3.63, 3.8) is 0 Å². The molecule has 1 atom stereocenters. The molecule has 0 fully saturated rings. The van der Waals surface area contributed by atoms with Gasteiger partial charge in [-0.1, -0.05) is 60.1 Å². The zero-order valence-corrected chi connectivity index (χ0v) is 11.0. The molecule has 0 amide bonds. The molecule has 3 rings (SSSR count). The predicted octanol–water partition coefficient (Wildman–Crippen LogP) is 4.17. The molecule has 0 bridgehead atoms. The largest absolute Gasteiger partial charge is 0.326 e. The average Bonchev–Trinajstić information content (AvgIpc) is 2.96. The van der Waals surface area contributed by atoms with Gasteiger partial charge in [-0.15, -0.1) is 0 Å². The highest BCUT2D eigenvalue weighted by molar-refractivity contribution is 6.31. The zero-order valence-electron chi connectivity index (χ0n) is 10.3. The smallest absolute Gasteiger partial charge is 0.0954 e. The molecular formula is C16H13ClN2. The van der Waals surface area contributed by atoms with Crippen LogP contribution in [0.5, 0.6) is 0 Å². The van der Waals surface area contributed by atoms with Gasteiger partial charge in [0, 0.05) is 17.4 Å². The number of hydrogen-bond donors (Lipinski definition) is 0. The van der Waals surface area contributed by atoms with E-state index in [0.29, 0.717) is 0 Å². The molecular weight excluding hydrogens is 256 g/mol. The monoisotopic (exact) mass is 268 g/mol. The van der Waals surface area contributed by atoms with E-state index in [1.807, 2.05) is 48.9 Å². The quantitative estimate of drug-likeness (QED) is 0.697. The lowest BCUT2D eigenvalue weighted by molar-refractivity contribution is 0.677. The fourth-order valence-electron chi connectivity index (χ4n) is 2.27. The number of halogens is 1. The number of aromatic nitrogens is 2. The summed E-state index contributed by atoms with van der Waals surface area (Å²) in [5.41, 5.74) is 2.27. The summed E-state index contributed by atoms with van der Waals surface area (Å²) >= 11 is 6.35. The summed E-state index contributed by atoms with van der Waals surface area (Å²) in [4.78, 5) is 4.14. The summed E-state index contributed by atoms with van der Waals surface area (Å²) in [5.74, 6) is 0. The molecule has 0 saturated heterocycles. The van der Waals surface area contributed by atoms with E-state index in [1.54, 1.807) is 6.20 Å². The van der Waals surface area contributed by atoms with Crippen LogP contribution in [0.25, 0.3) is 0 Å². The summed E-state index contributed by atoms with van der Waals surface area (Å²) in [6.45, 7) is 0. The van der Waals surface area contributed by atoms with Crippen LogP contribution in [0.3, 0.4) is 0 Å². The molecule has 94 valence electrons. The molecule has 1 unspecified atom stereocenters. The molecule has 2 nitrogen and oxygen atoms in total. The third-order valence-corrected chi connectivity index (χ3v) is 3.48. The van der Waals surface area contributed by atoms with Crippen LogP contribution in [-0.4, -0.2) is 9.55 Å². The maximum atomic E-state index is 6.35. The van der Waals surface area contributed by atoms with Gasteiger partial charge in [0.1, 0.15) is 0 Å². The van der Waals surface area contributed by atoms with Gasteiger partial charge in [-0.3, -0.25) is 0 Å². The standard InChI is InChI=1S/C16H13ClN2/c17-15-9-5-4-8-14(15)16(19-11-10-18-12-19)13-6-2-1-3-7-13/h1-12,16H. The van der Waals surface area contributed by atoms with Crippen molar-refractivity contribution in [2.75, 3.05) is 0 Å². The van der Waals surface area contributed by atoms with Gasteiger partial charge in [0.25, 0.3) is 0 Å². The molecule has 0 spiro atoms. The first-order valence-electron chi connectivity index (χ1n) is 6.13. The van der Waals surface area contributed by atoms with Crippen molar-refractivity contribution in [2.24, 2.45) is 0 Å². The maximum Gasteiger partial charge on any atom is 0.0954 e. The SMILES string of the molecule is Clc1ccccc1C(c1ccccc1)n1ccnc1. The van der Waals surface area contributed by atoms with Crippen LogP contribution in [0.4, 0.5) is 0 Å². The first-order chi connectivity index (χ1) is 9.36. The Balaban J connectivity index is 2.16. The van der Waals surface area contributed by atoms with Crippen molar-refractivity contribution in [1.82, 2.24) is 9.55 Å². The molecule has 1 heterocycles. The third kappa shape index (κ3) is 2.40. The Kier molecular flexibility index (Phi) is 3.34. The Bertz CT molecular complexity index is 648. The Morgan fingerprint density at radius 3 is 2.37 bits per heavy atom. The molecule has 1 aromatic heterocycles. The van der Waals surface area contributed by atoms with Gasteiger partial charge in [-0.05, 0) is 17.2 Å². The minimum absolute atomic E-state index is 0.0531. The summed E-state index contributed by atoms with van der Waals surface area (Å²) in [6, 6.07) is 18.3. The summed E-state index contributed by atoms with van der Waals surface area (Å²) < 4.78 is 2.07. The van der Waals surface area contributed by atoms with Crippen LogP contribution in [0.1, 0.15) is 17.2 Å². The van der Waals surface area contributed by atoms with E-state index < -0.39 is 0 Å². The van der Waals surface area contributed by atoms with Crippen LogP contribution in [0.15, 0.2) is 73.3 Å². The molecule has 3 heteroatoms. The second kappa shape index (κ2) is 5.29. The highest BCUT2D eigenvalue weighted by atomic mass is 35.5. The van der Waals surface area contributed by atoms with E-state index in [-0.39, 0.29) is 6.04 Å². The second-order valence-electron chi connectivity index (χ2n) is 4.34. The van der Waals surface area contributed by atoms with Crippen molar-refractivity contribution in [3.05, 3.63) is 89.5 Å². The van der Waals surface area contributed by atoms with Gasteiger partial charge in [-0.25, -0.2) is 4.98 Å². The van der Waals surface area contributed by atoms with Crippen molar-refractivity contribution in [2.45, 2.75) is 6.04 Å². The molecule has 0 saturated carbocycles. The molecule has 0 radical (unpaired) electrons. The highest BCUT2D eigenvalue weighted by Crippen LogP contribution is 2.31. The van der Waals surface area contributed by atoms with E-state index in [4.69, 9.17) is 11.6 Å². The highest BCUT2D eigenvalue weighted by Gasteiger charge is 2.17. The van der Waals surface area contributed by atoms with Crippen molar-refractivity contribution >= 4 is 11.6 Å². The van der Waals surface area contributed by atoms with E-state index in [2.05, 4.69) is 27.8 Å². The minimum Gasteiger partial charge on any atom is -0.326 e. The summed E-state index contributed by atoms with van der Waals surface area (Å²) in [5, 5.41) is 0.769. The third-order valence-electron chi connectivity index (χ3n) is 3.14. The lowest BCUT2D eigenvalue weighted by Gasteiger charge is -2.20. The Labute approximate surface area is 117 Å². The van der Waals surface area contributed by atoms with E-state index in [0.717, 1.165) is 10.6 Å². The molecule has 0 aliphatic heterocycles. The molecule has 0 aliphatic carbocycles. The molecule has 19 heavy (non-hydrogen) atoms. The average molecular weight is 269 g/mol. The summed E-state index contributed by atoms with van der Waals surface area (Å²) in [7, 11) is 0. The second-order valence-corrected chi connectivity index (χ2v) is 4.75. The first kappa shape index (κ1) is 12.0. The van der Waals surface area contributed by atoms with Crippen LogP contribution >= 0.6 is 11.6 Å². The molecule has 2 aromatic carbocycles. The number of rotatable bonds is 3. The first-order valence-corrected chi connectivity index (χ1v) is 6.51. The summed E-state index contributed by atoms with van der Waals surface area (Å²) in [6.07, 6.45) is 5.56. The fourth-order valence-corrected chi connectivity index (χ4v) is 2.51. The topological polar surface area (TPSA) is 17.8 Å². The van der Waals surface area contributed by atoms with Gasteiger partial charge < -0.3 is 4.57 Å². The molecule has 0 N–H and O–H groups in total. The number of benzene rings is 2. The van der Waals surface area contributed by atoms with E-state index >= 15 is 0 Å². The van der Waals surface area contributed by atoms with E-state index in [9.17, 15) is 0 Å². The van der Waals surface area contributed by atoms with Crippen LogP contribution in [-0.2, 0) is 0 Å². The van der Waals surface area contributed by atoms with Crippen LogP contribution in [0.2, 0.25) is 5.02 Å². The predicted molar refractivity (Wildman–Crippen MR) is 77.4 cm³/mol. The van der Waals surface area contributed by atoms with Crippen LogP contribution in [0, 0.1) is 0 Å². The van der Waals surface area contributed by atoms with Gasteiger partial charge >= 0.3 is 0 Å². The van der Waals surface area contributed by atoms with Gasteiger partial charge in [0.05, 0.1) is 12.4 Å². The Morgan fingerprint density at radius 1 is 0.947 bits per heavy atom. The van der Waals surface area contributed by atoms with Gasteiger partial charge in [0.2, 0.25) is 0 Å². The number of hydrogen-bond acceptors (Lipinski definition) is 1. The van der Waals surface area contributed by atoms with Gasteiger partial charge in [-0.2, -0.15) is 0 Å². The Hall–Kier alpha value is -2.06. The lowest BCUT2D eigenvalue weighted by Crippen LogP contribution is -2.11. The number of imidazole rings is 1. The molecule has 3 aromatic rings. The Morgan fingerprint density at radius 2 is 1.68 bits per heavy atom. The normalized spacial score (nSPS) is 12.3. The van der Waals surface area contributed by atoms with E-state index in [1.165, 1.54) is 5.56 Å². The minimum atomic E-state index is 0.0531. The van der Waals surface area contributed by atoms with Crippen molar-refractivity contribution in [1.29, 1.82) is 0 Å². The zero-order chi connectivity index (χ0) is 13.1. The molecule has 0 aliphatic rings.